The fourth-order valence-corrected chi connectivity index (χ4v) is 1.72. The van der Waals surface area contributed by atoms with Gasteiger partial charge < -0.3 is 0 Å². The van der Waals surface area contributed by atoms with Gasteiger partial charge in [-0.1, -0.05) is 15.9 Å². The minimum atomic E-state index is -0.389. The lowest BCUT2D eigenvalue weighted by Crippen LogP contribution is -2.27. The minimum Gasteiger partial charge on any atom is -0.276 e. The average molecular weight is 296 g/mol. The lowest BCUT2D eigenvalue weighted by molar-refractivity contribution is -0.119. The second-order valence-electron chi connectivity index (χ2n) is 3.62. The molecule has 0 aromatic heterocycles. The number of nitrogens with zero attached hydrogens (tertiary/aromatic N) is 3. The summed E-state index contributed by atoms with van der Waals surface area (Å²) in [6.45, 7) is 0. The van der Waals surface area contributed by atoms with E-state index >= 15 is 0 Å². The smallest absolute Gasteiger partial charge is 0.276 e. The molecule has 0 aliphatic carbocycles. The summed E-state index contributed by atoms with van der Waals surface area (Å²) in [5.41, 5.74) is 0.631. The molecule has 1 aliphatic rings. The van der Waals surface area contributed by atoms with Crippen LogP contribution in [0.4, 0.5) is 10.5 Å². The predicted molar refractivity (Wildman–Crippen MR) is 67.2 cm³/mol. The Balaban J connectivity index is 2.37. The van der Waals surface area contributed by atoms with Crippen LogP contribution in [0.3, 0.4) is 0 Å². The van der Waals surface area contributed by atoms with Crippen LogP contribution in [0, 0.1) is 0 Å². The van der Waals surface area contributed by atoms with Crippen molar-refractivity contribution in [3.63, 3.8) is 0 Å². The average Bonchev–Trinajstić information content (AvgIpc) is 2.50. The van der Waals surface area contributed by atoms with Gasteiger partial charge in [-0.3, -0.25) is 14.6 Å². The summed E-state index contributed by atoms with van der Waals surface area (Å²) in [6.07, 6.45) is 0. The molecule has 5 nitrogen and oxygen atoms in total. The van der Waals surface area contributed by atoms with E-state index in [2.05, 4.69) is 20.9 Å². The van der Waals surface area contributed by atoms with Crippen LogP contribution < -0.4 is 0 Å². The van der Waals surface area contributed by atoms with Gasteiger partial charge in [0.25, 0.3) is 5.91 Å². The number of rotatable bonds is 1. The summed E-state index contributed by atoms with van der Waals surface area (Å²) in [7, 11) is 2.96. The van der Waals surface area contributed by atoms with Crippen LogP contribution in [-0.4, -0.2) is 41.7 Å². The molecule has 17 heavy (non-hydrogen) atoms. The number of amidine groups is 1. The Morgan fingerprint density at radius 1 is 1.06 bits per heavy atom. The zero-order chi connectivity index (χ0) is 12.6. The summed E-state index contributed by atoms with van der Waals surface area (Å²) in [5, 5.41) is 0. The van der Waals surface area contributed by atoms with E-state index in [0.717, 1.165) is 9.37 Å². The number of aliphatic imine (C=N–C) groups is 1. The van der Waals surface area contributed by atoms with Gasteiger partial charge in [0.15, 0.2) is 0 Å². The summed E-state index contributed by atoms with van der Waals surface area (Å²) in [4.78, 5) is 29.7. The number of halogens is 1. The Kier molecular flexibility index (Phi) is 2.97. The molecule has 6 heteroatoms. The van der Waals surface area contributed by atoms with E-state index in [1.54, 1.807) is 12.1 Å². The van der Waals surface area contributed by atoms with Crippen molar-refractivity contribution in [2.75, 3.05) is 14.1 Å². The van der Waals surface area contributed by atoms with Crippen LogP contribution in [0.2, 0.25) is 0 Å². The second-order valence-corrected chi connectivity index (χ2v) is 4.53. The Hall–Kier alpha value is -1.69. The van der Waals surface area contributed by atoms with Crippen molar-refractivity contribution in [2.24, 2.45) is 4.99 Å². The highest BCUT2D eigenvalue weighted by Gasteiger charge is 2.37. The maximum Gasteiger partial charge on any atom is 0.332 e. The number of hydrogen-bond acceptors (Lipinski definition) is 3. The van der Waals surface area contributed by atoms with Crippen molar-refractivity contribution in [2.45, 2.75) is 0 Å². The quantitative estimate of drug-likeness (QED) is 0.744. The topological polar surface area (TPSA) is 53.0 Å². The van der Waals surface area contributed by atoms with Gasteiger partial charge in [-0.15, -0.1) is 0 Å². The molecule has 0 bridgehead atoms. The van der Waals surface area contributed by atoms with Crippen LogP contribution in [0.15, 0.2) is 33.7 Å². The number of carbonyl (C=O) groups is 2. The highest BCUT2D eigenvalue weighted by Crippen LogP contribution is 2.19. The molecule has 1 saturated heterocycles. The molecule has 0 radical (unpaired) electrons. The summed E-state index contributed by atoms with van der Waals surface area (Å²) >= 11 is 3.31. The molecule has 1 heterocycles. The van der Waals surface area contributed by atoms with Crippen molar-refractivity contribution < 1.29 is 9.59 Å². The molecular formula is C11H10BrN3O2. The Bertz CT molecular complexity index is 510. The first-order chi connectivity index (χ1) is 8.00. The molecule has 2 rings (SSSR count). The van der Waals surface area contributed by atoms with Gasteiger partial charge in [0.05, 0.1) is 5.69 Å². The third kappa shape index (κ3) is 2.08. The van der Waals surface area contributed by atoms with Gasteiger partial charge in [0, 0.05) is 18.6 Å². The van der Waals surface area contributed by atoms with Crippen LogP contribution in [-0.2, 0) is 4.79 Å². The van der Waals surface area contributed by atoms with Crippen molar-refractivity contribution in [1.82, 2.24) is 9.80 Å². The third-order valence-electron chi connectivity index (χ3n) is 2.45. The monoisotopic (exact) mass is 295 g/mol. The van der Waals surface area contributed by atoms with Gasteiger partial charge >= 0.3 is 6.03 Å². The molecule has 1 aromatic carbocycles. The van der Waals surface area contributed by atoms with E-state index in [1.165, 1.54) is 19.0 Å². The molecule has 3 amide bonds. The lowest BCUT2D eigenvalue weighted by Gasteiger charge is -2.06. The number of amides is 3. The van der Waals surface area contributed by atoms with Gasteiger partial charge in [-0.05, 0) is 24.3 Å². The number of carbonyl (C=O) groups excluding carboxylic acids is 2. The molecular weight excluding hydrogens is 286 g/mol. The summed E-state index contributed by atoms with van der Waals surface area (Å²) in [6, 6.07) is 6.81. The largest absolute Gasteiger partial charge is 0.332 e. The molecule has 0 atom stereocenters. The molecule has 0 saturated carbocycles. The first kappa shape index (κ1) is 11.8. The number of urea groups is 1. The number of imide groups is 1. The van der Waals surface area contributed by atoms with Crippen LogP contribution in [0.25, 0.3) is 0 Å². The van der Waals surface area contributed by atoms with E-state index < -0.39 is 0 Å². The maximum atomic E-state index is 11.7. The normalized spacial score (nSPS) is 18.4. The fraction of sp³-hybridized carbons (Fsp3) is 0.182. The van der Waals surface area contributed by atoms with E-state index in [1.807, 2.05) is 12.1 Å². The predicted octanol–water partition coefficient (Wildman–Crippen LogP) is 2.00. The van der Waals surface area contributed by atoms with Gasteiger partial charge in [0.2, 0.25) is 5.84 Å². The highest BCUT2D eigenvalue weighted by molar-refractivity contribution is 9.10. The maximum absolute atomic E-state index is 11.7. The summed E-state index contributed by atoms with van der Waals surface area (Å²) < 4.78 is 0.931. The Morgan fingerprint density at radius 2 is 1.65 bits per heavy atom. The number of benzene rings is 1. The van der Waals surface area contributed by atoms with Crippen LogP contribution in [0.5, 0.6) is 0 Å². The highest BCUT2D eigenvalue weighted by atomic mass is 79.9. The number of hydrogen-bond donors (Lipinski definition) is 0. The number of likely N-dealkylation sites (N-methyl/N-ethyl adjacent to an activating group) is 2. The lowest BCUT2D eigenvalue weighted by atomic mass is 10.3. The standard InChI is InChI=1S/C11H10BrN3O2/c1-14-9(10(16)15(2)11(14)17)13-8-5-3-7(12)4-6-8/h3-6H,1-2H3. The van der Waals surface area contributed by atoms with Crippen LogP contribution >= 0.6 is 15.9 Å². The van der Waals surface area contributed by atoms with Crippen molar-refractivity contribution in [1.29, 1.82) is 0 Å². The first-order valence-corrected chi connectivity index (χ1v) is 5.70. The molecule has 0 N–H and O–H groups in total. The molecule has 88 valence electrons. The SMILES string of the molecule is CN1C(=O)C(=Nc2ccc(Br)cc2)N(C)C1=O. The van der Waals surface area contributed by atoms with Crippen molar-refractivity contribution in [3.8, 4) is 0 Å². The van der Waals surface area contributed by atoms with E-state index in [4.69, 9.17) is 0 Å². The van der Waals surface area contributed by atoms with Gasteiger partial charge in [-0.25, -0.2) is 9.79 Å². The van der Waals surface area contributed by atoms with Gasteiger partial charge in [0.1, 0.15) is 0 Å². The van der Waals surface area contributed by atoms with E-state index in [-0.39, 0.29) is 17.8 Å². The fourth-order valence-electron chi connectivity index (χ4n) is 1.46. The zero-order valence-electron chi connectivity index (χ0n) is 9.35. The van der Waals surface area contributed by atoms with Crippen molar-refractivity contribution >= 4 is 39.4 Å². The molecule has 0 spiro atoms. The molecule has 1 aromatic rings. The summed E-state index contributed by atoms with van der Waals surface area (Å²) in [5.74, 6) is -0.250. The van der Waals surface area contributed by atoms with Gasteiger partial charge in [-0.2, -0.15) is 0 Å². The molecule has 1 aliphatic heterocycles. The second kappa shape index (κ2) is 4.29. The van der Waals surface area contributed by atoms with Crippen molar-refractivity contribution in [3.05, 3.63) is 28.7 Å². The Labute approximate surface area is 107 Å². The van der Waals surface area contributed by atoms with E-state index in [9.17, 15) is 9.59 Å². The first-order valence-electron chi connectivity index (χ1n) is 4.90. The Morgan fingerprint density at radius 3 is 2.12 bits per heavy atom. The molecule has 0 unspecified atom stereocenters. The van der Waals surface area contributed by atoms with Crippen LogP contribution in [0.1, 0.15) is 0 Å². The van der Waals surface area contributed by atoms with E-state index in [0.29, 0.717) is 5.69 Å². The molecule has 1 fully saturated rings. The zero-order valence-corrected chi connectivity index (χ0v) is 10.9. The minimum absolute atomic E-state index is 0.139. The third-order valence-corrected chi connectivity index (χ3v) is 2.98.